The smallest absolute Gasteiger partial charge is 0.406 e. The number of hydrogen-bond donors (Lipinski definition) is 2. The Labute approximate surface area is 215 Å². The van der Waals surface area contributed by atoms with Crippen LogP contribution in [0.1, 0.15) is 34.3 Å². The molecule has 0 spiro atoms. The third-order valence-corrected chi connectivity index (χ3v) is 6.43. The Bertz CT molecular complexity index is 1400. The van der Waals surface area contributed by atoms with Gasteiger partial charge in [0.1, 0.15) is 11.9 Å². The SMILES string of the molecule is NS(=O)(=O)OC[C@H]1CC(Nc2ccncc2C(=O)c2ccn(Cc3cccc(OC(F)(F)F)c3)c2)[C@@H](F)C1. The molecule has 0 bridgehead atoms. The Balaban J connectivity index is 1.44. The van der Waals surface area contributed by atoms with Gasteiger partial charge in [0.2, 0.25) is 0 Å². The minimum absolute atomic E-state index is 0.0691. The van der Waals surface area contributed by atoms with Crippen molar-refractivity contribution in [3.63, 3.8) is 0 Å². The lowest BCUT2D eigenvalue weighted by Gasteiger charge is -2.18. The Morgan fingerprint density at radius 3 is 2.74 bits per heavy atom. The number of nitrogens with one attached hydrogen (secondary N) is 1. The number of carbonyl (C=O) groups is 1. The zero-order chi connectivity index (χ0) is 27.5. The van der Waals surface area contributed by atoms with E-state index in [2.05, 4.69) is 19.2 Å². The van der Waals surface area contributed by atoms with Crippen LogP contribution in [0.3, 0.4) is 0 Å². The highest BCUT2D eigenvalue weighted by molar-refractivity contribution is 7.84. The second kappa shape index (κ2) is 11.1. The summed E-state index contributed by atoms with van der Waals surface area (Å²) in [5.74, 6) is -1.12. The first-order chi connectivity index (χ1) is 17.9. The van der Waals surface area contributed by atoms with Gasteiger partial charge in [-0.1, -0.05) is 12.1 Å². The van der Waals surface area contributed by atoms with Crippen molar-refractivity contribution in [3.05, 3.63) is 77.9 Å². The van der Waals surface area contributed by atoms with Crippen molar-refractivity contribution < 1.29 is 39.7 Å². The molecule has 2 aromatic heterocycles. The van der Waals surface area contributed by atoms with Gasteiger partial charge in [0.05, 0.1) is 18.2 Å². The topological polar surface area (TPSA) is 126 Å². The van der Waals surface area contributed by atoms with Crippen molar-refractivity contribution in [2.45, 2.75) is 38.0 Å². The van der Waals surface area contributed by atoms with E-state index in [1.54, 1.807) is 29.1 Å². The number of anilines is 1. The molecule has 9 nitrogen and oxygen atoms in total. The quantitative estimate of drug-likeness (QED) is 0.287. The molecule has 3 aromatic rings. The van der Waals surface area contributed by atoms with Crippen LogP contribution in [-0.2, 0) is 21.0 Å². The summed E-state index contributed by atoms with van der Waals surface area (Å²) in [4.78, 5) is 17.2. The average Bonchev–Trinajstić information content (AvgIpc) is 3.43. The third kappa shape index (κ3) is 7.52. The second-order valence-electron chi connectivity index (χ2n) is 8.90. The highest BCUT2D eigenvalue weighted by atomic mass is 32.2. The summed E-state index contributed by atoms with van der Waals surface area (Å²) in [5, 5.41) is 7.86. The first-order valence-corrected chi connectivity index (χ1v) is 12.9. The van der Waals surface area contributed by atoms with Crippen LogP contribution in [0.5, 0.6) is 5.75 Å². The number of ketones is 1. The molecule has 1 aromatic carbocycles. The number of aromatic nitrogens is 2. The van der Waals surface area contributed by atoms with Gasteiger partial charge < -0.3 is 14.6 Å². The lowest BCUT2D eigenvalue weighted by atomic mass is 10.1. The van der Waals surface area contributed by atoms with E-state index in [9.17, 15) is 30.8 Å². The molecule has 0 saturated heterocycles. The van der Waals surface area contributed by atoms with Gasteiger partial charge in [0, 0.05) is 42.6 Å². The van der Waals surface area contributed by atoms with Crippen LogP contribution in [0.15, 0.2) is 61.2 Å². The third-order valence-electron chi connectivity index (χ3n) is 5.97. The van der Waals surface area contributed by atoms with Gasteiger partial charge in [-0.25, -0.2) is 9.53 Å². The minimum atomic E-state index is -4.80. The van der Waals surface area contributed by atoms with E-state index >= 15 is 0 Å². The van der Waals surface area contributed by atoms with E-state index < -0.39 is 34.7 Å². The monoisotopic (exact) mass is 556 g/mol. The first-order valence-electron chi connectivity index (χ1n) is 11.4. The van der Waals surface area contributed by atoms with E-state index in [0.29, 0.717) is 16.8 Å². The van der Waals surface area contributed by atoms with Crippen molar-refractivity contribution in [2.24, 2.45) is 11.1 Å². The summed E-state index contributed by atoms with van der Waals surface area (Å²) in [6.45, 7) is -0.0492. The fourth-order valence-corrected chi connectivity index (χ4v) is 4.73. The number of benzene rings is 1. The largest absolute Gasteiger partial charge is 0.573 e. The molecule has 1 saturated carbocycles. The molecule has 3 atom stereocenters. The van der Waals surface area contributed by atoms with Gasteiger partial charge in [0.15, 0.2) is 5.78 Å². The number of nitrogens with two attached hydrogens (primary N) is 1. The highest BCUT2D eigenvalue weighted by Gasteiger charge is 2.36. The lowest BCUT2D eigenvalue weighted by Crippen LogP contribution is -2.26. The maximum atomic E-state index is 14.7. The Hall–Kier alpha value is -3.49. The molecular weight excluding hydrogens is 532 g/mol. The molecule has 4 rings (SSSR count). The molecule has 1 aliphatic carbocycles. The maximum Gasteiger partial charge on any atom is 0.573 e. The lowest BCUT2D eigenvalue weighted by molar-refractivity contribution is -0.274. The summed E-state index contributed by atoms with van der Waals surface area (Å²) in [6.07, 6.45) is 0.177. The normalized spacial score (nSPS) is 19.9. The van der Waals surface area contributed by atoms with Crippen LogP contribution in [0.25, 0.3) is 0 Å². The zero-order valence-electron chi connectivity index (χ0n) is 19.8. The molecule has 0 aliphatic heterocycles. The van der Waals surface area contributed by atoms with Crippen molar-refractivity contribution in [1.82, 2.24) is 9.55 Å². The number of carbonyl (C=O) groups excluding carboxylic acids is 1. The van der Waals surface area contributed by atoms with E-state index in [0.717, 1.165) is 0 Å². The van der Waals surface area contributed by atoms with Crippen LogP contribution in [0, 0.1) is 5.92 Å². The highest BCUT2D eigenvalue weighted by Crippen LogP contribution is 2.32. The van der Waals surface area contributed by atoms with Crippen molar-refractivity contribution in [2.75, 3.05) is 11.9 Å². The summed E-state index contributed by atoms with van der Waals surface area (Å²) < 4.78 is 84.4. The van der Waals surface area contributed by atoms with Crippen molar-refractivity contribution in [1.29, 1.82) is 0 Å². The molecule has 1 aliphatic rings. The number of pyridine rings is 1. The second-order valence-corrected chi connectivity index (χ2v) is 10.1. The van der Waals surface area contributed by atoms with E-state index in [1.807, 2.05) is 0 Å². The fraction of sp³-hybridized carbons (Fsp3) is 0.333. The first kappa shape index (κ1) is 27.5. The molecular formula is C24H24F4N4O5S. The van der Waals surface area contributed by atoms with Crippen LogP contribution < -0.4 is 15.2 Å². The number of alkyl halides is 4. The molecule has 0 radical (unpaired) electrons. The summed E-state index contributed by atoms with van der Waals surface area (Å²) in [6, 6.07) is 7.93. The van der Waals surface area contributed by atoms with E-state index in [-0.39, 0.29) is 43.2 Å². The van der Waals surface area contributed by atoms with Gasteiger partial charge in [-0.2, -0.15) is 8.42 Å². The van der Waals surface area contributed by atoms with Gasteiger partial charge in [-0.15, -0.1) is 13.2 Å². The number of ether oxygens (including phenoxy) is 1. The van der Waals surface area contributed by atoms with Crippen LogP contribution in [0.4, 0.5) is 23.2 Å². The Morgan fingerprint density at radius 1 is 1.21 bits per heavy atom. The summed E-state index contributed by atoms with van der Waals surface area (Å²) >= 11 is 0. The molecule has 3 N–H and O–H groups in total. The predicted octanol–water partition coefficient (Wildman–Crippen LogP) is 3.81. The maximum absolute atomic E-state index is 14.7. The van der Waals surface area contributed by atoms with Crippen LogP contribution in [-0.4, -0.2) is 48.9 Å². The summed E-state index contributed by atoms with van der Waals surface area (Å²) in [5.41, 5.74) is 1.38. The standard InChI is InChI=1S/C24H24F4N4O5S/c25-20-9-16(14-36-38(29,34)35)10-22(20)31-21-4-6-30-11-19(21)23(33)17-5-7-32(13-17)12-15-2-1-3-18(8-15)37-24(26,27)28/h1-8,11,13,16,20,22H,9-10,12,14H2,(H,30,31)(H2,29,34,35)/t16-,20+,22?/m1/s1. The number of halogens is 4. The van der Waals surface area contributed by atoms with E-state index in [1.165, 1.54) is 36.7 Å². The van der Waals surface area contributed by atoms with Crippen LogP contribution in [0.2, 0.25) is 0 Å². The predicted molar refractivity (Wildman–Crippen MR) is 128 cm³/mol. The molecule has 1 fully saturated rings. The van der Waals surface area contributed by atoms with Crippen LogP contribution >= 0.6 is 0 Å². The van der Waals surface area contributed by atoms with Gasteiger partial charge in [-0.3, -0.25) is 14.0 Å². The van der Waals surface area contributed by atoms with Crippen molar-refractivity contribution >= 4 is 21.8 Å². The Kier molecular flexibility index (Phi) is 8.04. The number of hydrogen-bond acceptors (Lipinski definition) is 7. The molecule has 2 heterocycles. The number of nitrogens with zero attached hydrogens (tertiary/aromatic N) is 2. The minimum Gasteiger partial charge on any atom is -0.406 e. The molecule has 38 heavy (non-hydrogen) atoms. The van der Waals surface area contributed by atoms with Gasteiger partial charge in [-0.05, 0) is 48.6 Å². The Morgan fingerprint density at radius 2 is 2.00 bits per heavy atom. The average molecular weight is 557 g/mol. The molecule has 204 valence electrons. The molecule has 14 heteroatoms. The zero-order valence-corrected chi connectivity index (χ0v) is 20.6. The van der Waals surface area contributed by atoms with Gasteiger partial charge >= 0.3 is 16.7 Å². The van der Waals surface area contributed by atoms with Crippen molar-refractivity contribution in [3.8, 4) is 5.75 Å². The molecule has 1 unspecified atom stereocenters. The number of rotatable bonds is 10. The van der Waals surface area contributed by atoms with Gasteiger partial charge in [0.25, 0.3) is 0 Å². The fourth-order valence-electron chi connectivity index (χ4n) is 4.34. The summed E-state index contributed by atoms with van der Waals surface area (Å²) in [7, 11) is -4.13. The molecule has 0 amide bonds. The van der Waals surface area contributed by atoms with E-state index in [4.69, 9.17) is 5.14 Å².